The molecule has 0 bridgehead atoms. The summed E-state index contributed by atoms with van der Waals surface area (Å²) in [5.41, 5.74) is 11.2. The van der Waals surface area contributed by atoms with Gasteiger partial charge in [-0.05, 0) is 75.9 Å². The van der Waals surface area contributed by atoms with Crippen LogP contribution >= 0.6 is 0 Å². The molecule has 1 atom stereocenters. The molecule has 0 aliphatic carbocycles. The van der Waals surface area contributed by atoms with E-state index in [-0.39, 0.29) is 18.0 Å². The molecular formula is C33H39N7O3. The van der Waals surface area contributed by atoms with Crippen LogP contribution in [0.3, 0.4) is 0 Å². The van der Waals surface area contributed by atoms with Gasteiger partial charge in [0, 0.05) is 44.0 Å². The molecule has 1 aliphatic heterocycles. The number of ether oxygens (including phenoxy) is 1. The zero-order chi connectivity index (χ0) is 30.7. The van der Waals surface area contributed by atoms with Crippen molar-refractivity contribution in [3.8, 4) is 16.8 Å². The summed E-state index contributed by atoms with van der Waals surface area (Å²) in [7, 11) is 0. The Kier molecular flexibility index (Phi) is 8.59. The second-order valence-corrected chi connectivity index (χ2v) is 12.1. The number of amides is 2. The van der Waals surface area contributed by atoms with Crippen molar-refractivity contribution in [1.29, 1.82) is 0 Å². The van der Waals surface area contributed by atoms with E-state index < -0.39 is 11.5 Å². The van der Waals surface area contributed by atoms with Crippen molar-refractivity contribution in [2.24, 2.45) is 5.73 Å². The van der Waals surface area contributed by atoms with E-state index in [0.29, 0.717) is 12.4 Å². The average Bonchev–Trinajstić information content (AvgIpc) is 3.35. The number of carbonyl (C=O) groups excluding carboxylic acids is 2. The minimum Gasteiger partial charge on any atom is -0.444 e. The number of piperazine rings is 1. The van der Waals surface area contributed by atoms with Crippen molar-refractivity contribution >= 4 is 12.0 Å². The maximum atomic E-state index is 12.5. The van der Waals surface area contributed by atoms with E-state index in [0.717, 1.165) is 54.1 Å². The van der Waals surface area contributed by atoms with Crippen molar-refractivity contribution in [2.75, 3.05) is 19.6 Å². The van der Waals surface area contributed by atoms with Crippen LogP contribution in [0.2, 0.25) is 0 Å². The molecule has 43 heavy (non-hydrogen) atoms. The van der Waals surface area contributed by atoms with E-state index in [9.17, 15) is 9.59 Å². The van der Waals surface area contributed by atoms with Gasteiger partial charge in [-0.25, -0.2) is 14.5 Å². The van der Waals surface area contributed by atoms with Crippen LogP contribution in [0.25, 0.3) is 16.8 Å². The number of primary amides is 1. The lowest BCUT2D eigenvalue weighted by Gasteiger charge is -2.40. The van der Waals surface area contributed by atoms with Crippen LogP contribution in [0.5, 0.6) is 0 Å². The number of aryl methyl sites for hydroxylation is 1. The van der Waals surface area contributed by atoms with Gasteiger partial charge in [0.15, 0.2) is 0 Å². The lowest BCUT2D eigenvalue weighted by atomic mass is 10.0. The number of benzene rings is 2. The topological polar surface area (TPSA) is 119 Å². The number of hydrogen-bond acceptors (Lipinski definition) is 7. The highest BCUT2D eigenvalue weighted by atomic mass is 16.6. The van der Waals surface area contributed by atoms with E-state index in [1.807, 2.05) is 44.0 Å². The Morgan fingerprint density at radius 2 is 1.60 bits per heavy atom. The Hall–Kier alpha value is -4.57. The third-order valence-electron chi connectivity index (χ3n) is 7.42. The van der Waals surface area contributed by atoms with Gasteiger partial charge in [-0.15, -0.1) is 5.10 Å². The van der Waals surface area contributed by atoms with Crippen LogP contribution in [-0.2, 0) is 17.7 Å². The molecule has 4 aromatic rings. The minimum atomic E-state index is -0.643. The summed E-state index contributed by atoms with van der Waals surface area (Å²) in [4.78, 5) is 36.9. The summed E-state index contributed by atoms with van der Waals surface area (Å²) < 4.78 is 7.18. The Bertz CT molecular complexity index is 1570. The van der Waals surface area contributed by atoms with E-state index in [2.05, 4.69) is 70.4 Å². The Labute approximate surface area is 252 Å². The molecule has 2 amide bonds. The smallest absolute Gasteiger partial charge is 0.410 e. The third-order valence-corrected chi connectivity index (χ3v) is 7.42. The number of carbonyl (C=O) groups is 2. The predicted molar refractivity (Wildman–Crippen MR) is 165 cm³/mol. The van der Waals surface area contributed by atoms with Gasteiger partial charge in [-0.1, -0.05) is 42.5 Å². The van der Waals surface area contributed by atoms with Crippen LogP contribution in [-0.4, -0.2) is 72.8 Å². The number of rotatable bonds is 7. The number of hydrogen-bond donors (Lipinski definition) is 1. The minimum absolute atomic E-state index is 0.0105. The van der Waals surface area contributed by atoms with Crippen LogP contribution in [0.4, 0.5) is 4.79 Å². The summed E-state index contributed by atoms with van der Waals surface area (Å²) in [5.74, 6) is -0.0287. The second-order valence-electron chi connectivity index (χ2n) is 12.1. The molecule has 0 saturated carbocycles. The fourth-order valence-electron chi connectivity index (χ4n) is 5.23. The third kappa shape index (κ3) is 7.45. The first-order chi connectivity index (χ1) is 20.4. The van der Waals surface area contributed by atoms with Gasteiger partial charge >= 0.3 is 6.09 Å². The molecule has 0 radical (unpaired) electrons. The highest BCUT2D eigenvalue weighted by Crippen LogP contribution is 2.22. The summed E-state index contributed by atoms with van der Waals surface area (Å²) in [5, 5.41) is 4.19. The SMILES string of the molecule is Cc1nc(C(N)=O)nn1-c1ccc(Cc2ccc(-c3ccc(CN4CCN(C(=O)OC(C)(C)C)[C@@H](C)C4)nc3)cc2)cc1. The fourth-order valence-corrected chi connectivity index (χ4v) is 5.23. The molecule has 10 heteroatoms. The van der Waals surface area contributed by atoms with Crippen molar-refractivity contribution in [1.82, 2.24) is 29.5 Å². The fraction of sp³-hybridized carbons (Fsp3) is 0.364. The first-order valence-electron chi connectivity index (χ1n) is 14.5. The Balaban J connectivity index is 1.15. The van der Waals surface area contributed by atoms with E-state index >= 15 is 0 Å². The molecular weight excluding hydrogens is 542 g/mol. The van der Waals surface area contributed by atoms with E-state index in [1.54, 1.807) is 11.6 Å². The lowest BCUT2D eigenvalue weighted by molar-refractivity contribution is 0.000426. The molecule has 5 rings (SSSR count). The largest absolute Gasteiger partial charge is 0.444 e. The number of aromatic nitrogens is 4. The van der Waals surface area contributed by atoms with Crippen LogP contribution in [0.1, 0.15) is 61.0 Å². The molecule has 2 aromatic carbocycles. The number of nitrogens with zero attached hydrogens (tertiary/aromatic N) is 6. The molecule has 2 N–H and O–H groups in total. The van der Waals surface area contributed by atoms with E-state index in [1.165, 1.54) is 5.56 Å². The van der Waals surface area contributed by atoms with Gasteiger partial charge in [0.05, 0.1) is 11.4 Å². The standard InChI is InChI=1S/C33H39N7O3/c1-22-20-38(16-17-39(22)32(42)43-33(3,4)5)21-28-13-12-27(19-35-28)26-10-6-24(7-11-26)18-25-8-14-29(15-9-25)40-23(2)36-31(37-40)30(34)41/h6-15,19,22H,16-18,20-21H2,1-5H3,(H2,34,41)/t22-/m0/s1. The molecule has 10 nitrogen and oxygen atoms in total. The van der Waals surface area contributed by atoms with Gasteiger partial charge in [0.25, 0.3) is 5.91 Å². The van der Waals surface area contributed by atoms with Gasteiger partial charge in [0.1, 0.15) is 11.4 Å². The summed E-state index contributed by atoms with van der Waals surface area (Å²) >= 11 is 0. The maximum absolute atomic E-state index is 12.5. The van der Waals surface area contributed by atoms with Crippen molar-refractivity contribution in [3.63, 3.8) is 0 Å². The van der Waals surface area contributed by atoms with Gasteiger partial charge < -0.3 is 15.4 Å². The molecule has 224 valence electrons. The highest BCUT2D eigenvalue weighted by molar-refractivity contribution is 5.88. The van der Waals surface area contributed by atoms with Gasteiger partial charge in [-0.3, -0.25) is 14.7 Å². The van der Waals surface area contributed by atoms with Crippen LogP contribution in [0, 0.1) is 6.92 Å². The van der Waals surface area contributed by atoms with Crippen molar-refractivity contribution in [2.45, 2.75) is 59.2 Å². The Morgan fingerprint density at radius 1 is 0.953 bits per heavy atom. The first kappa shape index (κ1) is 29.9. The second kappa shape index (κ2) is 12.3. The maximum Gasteiger partial charge on any atom is 0.410 e. The van der Waals surface area contributed by atoms with E-state index in [4.69, 9.17) is 15.5 Å². The van der Waals surface area contributed by atoms with Crippen molar-refractivity contribution < 1.29 is 14.3 Å². The molecule has 1 saturated heterocycles. The predicted octanol–water partition coefficient (Wildman–Crippen LogP) is 4.77. The molecule has 0 unspecified atom stereocenters. The van der Waals surface area contributed by atoms with Gasteiger partial charge in [0.2, 0.25) is 5.82 Å². The highest BCUT2D eigenvalue weighted by Gasteiger charge is 2.30. The molecule has 2 aromatic heterocycles. The van der Waals surface area contributed by atoms with Crippen LogP contribution < -0.4 is 5.73 Å². The number of nitrogens with two attached hydrogens (primary N) is 1. The lowest BCUT2D eigenvalue weighted by Crippen LogP contribution is -2.54. The quantitative estimate of drug-likeness (QED) is 0.334. The molecule has 1 aliphatic rings. The molecule has 1 fully saturated rings. The summed E-state index contributed by atoms with van der Waals surface area (Å²) in [6, 6.07) is 20.8. The monoisotopic (exact) mass is 581 g/mol. The Morgan fingerprint density at radius 3 is 2.16 bits per heavy atom. The van der Waals surface area contributed by atoms with Gasteiger partial charge in [-0.2, -0.15) is 0 Å². The normalized spacial score (nSPS) is 15.8. The van der Waals surface area contributed by atoms with Crippen molar-refractivity contribution in [3.05, 3.63) is 95.3 Å². The zero-order valence-corrected chi connectivity index (χ0v) is 25.4. The number of pyridine rings is 1. The molecule has 0 spiro atoms. The first-order valence-corrected chi connectivity index (χ1v) is 14.5. The summed E-state index contributed by atoms with van der Waals surface area (Å²) in [6.07, 6.45) is 2.48. The molecule has 3 heterocycles. The van der Waals surface area contributed by atoms with Crippen LogP contribution in [0.15, 0.2) is 66.9 Å². The average molecular weight is 582 g/mol. The summed E-state index contributed by atoms with van der Waals surface area (Å²) in [6.45, 7) is 12.5. The zero-order valence-electron chi connectivity index (χ0n) is 25.4.